The summed E-state index contributed by atoms with van der Waals surface area (Å²) in [6.07, 6.45) is 8.39. The Kier molecular flexibility index (Phi) is 5.46. The Morgan fingerprint density at radius 2 is 1.79 bits per heavy atom. The van der Waals surface area contributed by atoms with Crippen LogP contribution in [0.1, 0.15) is 49.3 Å². The number of pyridine rings is 1. The first-order valence-electron chi connectivity index (χ1n) is 9.83. The first-order chi connectivity index (χ1) is 13.5. The lowest BCUT2D eigenvalue weighted by Gasteiger charge is -2.25. The summed E-state index contributed by atoms with van der Waals surface area (Å²) in [5.74, 6) is 0.145. The SMILES string of the molecule is O=C(CCc1ccc(S(=O)(=O)NC2CC2)cc1)N1CCC[C@H]1c1ccncc1. The summed E-state index contributed by atoms with van der Waals surface area (Å²) in [6, 6.07) is 11.0. The van der Waals surface area contributed by atoms with Gasteiger partial charge < -0.3 is 4.90 Å². The first-order valence-corrected chi connectivity index (χ1v) is 11.3. The van der Waals surface area contributed by atoms with Gasteiger partial charge in [-0.25, -0.2) is 13.1 Å². The second kappa shape index (κ2) is 8.01. The normalized spacial score (nSPS) is 19.7. The minimum absolute atomic E-state index is 0.0936. The number of carbonyl (C=O) groups is 1. The van der Waals surface area contributed by atoms with Gasteiger partial charge in [0.1, 0.15) is 0 Å². The lowest BCUT2D eigenvalue weighted by molar-refractivity contribution is -0.132. The molecule has 0 spiro atoms. The number of nitrogens with one attached hydrogen (secondary N) is 1. The van der Waals surface area contributed by atoms with E-state index >= 15 is 0 Å². The van der Waals surface area contributed by atoms with Crippen LogP contribution in [0.25, 0.3) is 0 Å². The van der Waals surface area contributed by atoms with Crippen molar-refractivity contribution in [2.24, 2.45) is 0 Å². The Hall–Kier alpha value is -2.25. The molecule has 2 heterocycles. The molecule has 1 aromatic carbocycles. The molecule has 6 nitrogen and oxygen atoms in total. The summed E-state index contributed by atoms with van der Waals surface area (Å²) >= 11 is 0. The van der Waals surface area contributed by atoms with Gasteiger partial charge in [-0.2, -0.15) is 0 Å². The van der Waals surface area contributed by atoms with Crippen LogP contribution in [0.4, 0.5) is 0 Å². The predicted molar refractivity (Wildman–Crippen MR) is 106 cm³/mol. The first kappa shape index (κ1) is 19.1. The highest BCUT2D eigenvalue weighted by atomic mass is 32.2. The average Bonchev–Trinajstić information content (AvgIpc) is 3.37. The van der Waals surface area contributed by atoms with Crippen LogP contribution in [0.3, 0.4) is 0 Å². The van der Waals surface area contributed by atoms with Crippen LogP contribution in [0.2, 0.25) is 0 Å². The van der Waals surface area contributed by atoms with Gasteiger partial charge in [0.15, 0.2) is 0 Å². The maximum atomic E-state index is 12.8. The van der Waals surface area contributed by atoms with Crippen molar-refractivity contribution >= 4 is 15.9 Å². The van der Waals surface area contributed by atoms with Gasteiger partial charge in [0.25, 0.3) is 0 Å². The Morgan fingerprint density at radius 1 is 1.07 bits per heavy atom. The molecule has 2 aliphatic rings. The van der Waals surface area contributed by atoms with Crippen molar-refractivity contribution < 1.29 is 13.2 Å². The number of carbonyl (C=O) groups excluding carboxylic acids is 1. The highest BCUT2D eigenvalue weighted by Gasteiger charge is 2.30. The van der Waals surface area contributed by atoms with Gasteiger partial charge in [-0.1, -0.05) is 12.1 Å². The molecule has 0 radical (unpaired) electrons. The van der Waals surface area contributed by atoms with Crippen LogP contribution >= 0.6 is 0 Å². The van der Waals surface area contributed by atoms with Gasteiger partial charge in [0, 0.05) is 31.4 Å². The van der Waals surface area contributed by atoms with Crippen molar-refractivity contribution in [3.63, 3.8) is 0 Å². The zero-order valence-corrected chi connectivity index (χ0v) is 16.6. The Labute approximate surface area is 166 Å². The third kappa shape index (κ3) is 4.42. The van der Waals surface area contributed by atoms with E-state index in [1.807, 2.05) is 17.0 Å². The molecule has 1 amide bonds. The number of nitrogens with zero attached hydrogens (tertiary/aromatic N) is 2. The molecule has 1 aliphatic carbocycles. The van der Waals surface area contributed by atoms with Crippen molar-refractivity contribution in [2.45, 2.75) is 55.5 Å². The fourth-order valence-corrected chi connectivity index (χ4v) is 5.02. The molecule has 0 bridgehead atoms. The second-order valence-electron chi connectivity index (χ2n) is 7.57. The van der Waals surface area contributed by atoms with Gasteiger partial charge >= 0.3 is 0 Å². The molecule has 1 N–H and O–H groups in total. The molecule has 2 fully saturated rings. The highest BCUT2D eigenvalue weighted by molar-refractivity contribution is 7.89. The van der Waals surface area contributed by atoms with Crippen LogP contribution in [0, 0.1) is 0 Å². The van der Waals surface area contributed by atoms with Crippen molar-refractivity contribution in [3.8, 4) is 0 Å². The summed E-state index contributed by atoms with van der Waals surface area (Å²) in [5, 5.41) is 0. The van der Waals surface area contributed by atoms with E-state index in [0.29, 0.717) is 12.8 Å². The number of hydrogen-bond acceptors (Lipinski definition) is 4. The van der Waals surface area contributed by atoms with Gasteiger partial charge in [-0.3, -0.25) is 9.78 Å². The molecule has 4 rings (SSSR count). The minimum atomic E-state index is -3.43. The summed E-state index contributed by atoms with van der Waals surface area (Å²) < 4.78 is 27.1. The number of rotatable bonds is 7. The Balaban J connectivity index is 1.35. The number of hydrogen-bond donors (Lipinski definition) is 1. The van der Waals surface area contributed by atoms with Gasteiger partial charge in [-0.05, 0) is 67.5 Å². The molecular formula is C21H25N3O3S. The zero-order chi connectivity index (χ0) is 19.6. The molecule has 1 saturated carbocycles. The molecule has 1 saturated heterocycles. The van der Waals surface area contributed by atoms with Gasteiger partial charge in [-0.15, -0.1) is 0 Å². The number of aryl methyl sites for hydroxylation is 1. The van der Waals surface area contributed by atoms with Crippen LogP contribution in [0.5, 0.6) is 0 Å². The molecule has 0 unspecified atom stereocenters. The fraction of sp³-hybridized carbons (Fsp3) is 0.429. The van der Waals surface area contributed by atoms with E-state index in [1.54, 1.807) is 36.7 Å². The summed E-state index contributed by atoms with van der Waals surface area (Å²) in [5.41, 5.74) is 2.11. The Bertz CT molecular complexity index is 925. The van der Waals surface area contributed by atoms with E-state index in [1.165, 1.54) is 0 Å². The summed E-state index contributed by atoms with van der Waals surface area (Å²) in [7, 11) is -3.43. The number of likely N-dealkylation sites (tertiary alicyclic amines) is 1. The molecule has 1 aromatic heterocycles. The molecular weight excluding hydrogens is 374 g/mol. The Morgan fingerprint density at radius 3 is 2.46 bits per heavy atom. The van der Waals surface area contributed by atoms with Crippen LogP contribution < -0.4 is 4.72 Å². The van der Waals surface area contributed by atoms with Crippen LogP contribution in [-0.4, -0.2) is 36.8 Å². The van der Waals surface area contributed by atoms with Crippen molar-refractivity contribution in [1.82, 2.24) is 14.6 Å². The number of benzene rings is 1. The third-order valence-electron chi connectivity index (χ3n) is 5.42. The maximum Gasteiger partial charge on any atom is 0.240 e. The number of sulfonamides is 1. The predicted octanol–water partition coefficient (Wildman–Crippen LogP) is 2.82. The van der Waals surface area contributed by atoms with E-state index in [2.05, 4.69) is 9.71 Å². The van der Waals surface area contributed by atoms with Crippen LogP contribution in [-0.2, 0) is 21.2 Å². The summed E-state index contributed by atoms with van der Waals surface area (Å²) in [4.78, 5) is 19.1. The average molecular weight is 400 g/mol. The van der Waals surface area contributed by atoms with Gasteiger partial charge in [0.2, 0.25) is 15.9 Å². The number of aromatic nitrogens is 1. The third-order valence-corrected chi connectivity index (χ3v) is 6.96. The van der Waals surface area contributed by atoms with E-state index in [0.717, 1.165) is 43.4 Å². The lowest BCUT2D eigenvalue weighted by atomic mass is 10.1. The van der Waals surface area contributed by atoms with E-state index in [9.17, 15) is 13.2 Å². The number of amides is 1. The van der Waals surface area contributed by atoms with Gasteiger partial charge in [0.05, 0.1) is 10.9 Å². The molecule has 2 aromatic rings. The van der Waals surface area contributed by atoms with Crippen molar-refractivity contribution in [3.05, 3.63) is 59.9 Å². The smallest absolute Gasteiger partial charge is 0.240 e. The molecule has 148 valence electrons. The van der Waals surface area contributed by atoms with Crippen molar-refractivity contribution in [2.75, 3.05) is 6.54 Å². The molecule has 7 heteroatoms. The topological polar surface area (TPSA) is 79.4 Å². The minimum Gasteiger partial charge on any atom is -0.336 e. The van der Waals surface area contributed by atoms with E-state index < -0.39 is 10.0 Å². The van der Waals surface area contributed by atoms with Crippen LogP contribution in [0.15, 0.2) is 53.7 Å². The standard InChI is InChI=1S/C21H25N3O3S/c25-21(24-15-1-2-20(24)17-11-13-22-14-12-17)10-5-16-3-8-19(9-4-16)28(26,27)23-18-6-7-18/h3-4,8-9,11-14,18,20,23H,1-2,5-7,10,15H2/t20-/m0/s1. The van der Waals surface area contributed by atoms with Crippen molar-refractivity contribution in [1.29, 1.82) is 0 Å². The highest BCUT2D eigenvalue weighted by Crippen LogP contribution is 2.32. The quantitative estimate of drug-likeness (QED) is 0.776. The molecule has 1 atom stereocenters. The van der Waals surface area contributed by atoms with E-state index in [4.69, 9.17) is 0 Å². The van der Waals surface area contributed by atoms with E-state index in [-0.39, 0.29) is 22.9 Å². The largest absolute Gasteiger partial charge is 0.336 e. The maximum absolute atomic E-state index is 12.8. The molecule has 28 heavy (non-hydrogen) atoms. The lowest BCUT2D eigenvalue weighted by Crippen LogP contribution is -2.30. The second-order valence-corrected chi connectivity index (χ2v) is 9.28. The monoisotopic (exact) mass is 399 g/mol. The fourth-order valence-electron chi connectivity index (χ4n) is 3.72. The summed E-state index contributed by atoms with van der Waals surface area (Å²) in [6.45, 7) is 0.788. The molecule has 1 aliphatic heterocycles. The zero-order valence-electron chi connectivity index (χ0n) is 15.8.